The van der Waals surface area contributed by atoms with Crippen molar-refractivity contribution >= 4 is 27.8 Å². The maximum atomic E-state index is 14.5. The average molecular weight is 254 g/mol. The normalized spacial score (nSPS) is 11.1. The van der Waals surface area contributed by atoms with Crippen LogP contribution in [0.5, 0.6) is 5.75 Å². The van der Waals surface area contributed by atoms with Gasteiger partial charge in [-0.2, -0.15) is 0 Å². The molecule has 3 heteroatoms. The Morgan fingerprint density at radius 1 is 1.00 bits per heavy atom. The maximum Gasteiger partial charge on any atom is 0.150 e. The summed E-state index contributed by atoms with van der Waals surface area (Å²) in [6.45, 7) is 1.88. The Kier molecular flexibility index (Phi) is 2.49. The lowest BCUT2D eigenvalue weighted by Gasteiger charge is -2.10. The molecule has 2 nitrogen and oxygen atoms in total. The molecule has 0 atom stereocenters. The number of rotatable bonds is 1. The Morgan fingerprint density at radius 3 is 2.47 bits per heavy atom. The molecule has 0 unspecified atom stereocenters. The molecular formula is C16H11FO2. The molecule has 0 aliphatic heterocycles. The predicted octanol–water partition coefficient (Wildman–Crippen LogP) is 3.96. The van der Waals surface area contributed by atoms with E-state index in [-0.39, 0.29) is 11.6 Å². The van der Waals surface area contributed by atoms with Crippen LogP contribution in [0.2, 0.25) is 0 Å². The van der Waals surface area contributed by atoms with E-state index in [0.29, 0.717) is 28.0 Å². The largest absolute Gasteiger partial charge is 0.508 e. The highest BCUT2D eigenvalue weighted by atomic mass is 19.1. The van der Waals surface area contributed by atoms with Crippen LogP contribution >= 0.6 is 0 Å². The molecule has 94 valence electrons. The summed E-state index contributed by atoms with van der Waals surface area (Å²) in [5.74, 6) is -0.252. The van der Waals surface area contributed by atoms with Gasteiger partial charge in [0.1, 0.15) is 17.9 Å². The van der Waals surface area contributed by atoms with Crippen molar-refractivity contribution in [2.75, 3.05) is 0 Å². The van der Waals surface area contributed by atoms with E-state index in [1.54, 1.807) is 30.3 Å². The summed E-state index contributed by atoms with van der Waals surface area (Å²) in [7, 11) is 0. The number of halogens is 1. The topological polar surface area (TPSA) is 37.3 Å². The number of carbonyl (C=O) groups is 1. The third-order valence-corrected chi connectivity index (χ3v) is 3.46. The minimum absolute atomic E-state index is 0.110. The van der Waals surface area contributed by atoms with E-state index < -0.39 is 0 Å². The van der Waals surface area contributed by atoms with Gasteiger partial charge in [-0.15, -0.1) is 0 Å². The van der Waals surface area contributed by atoms with Crippen LogP contribution in [0, 0.1) is 12.7 Å². The van der Waals surface area contributed by atoms with Crippen molar-refractivity contribution in [3.05, 3.63) is 53.3 Å². The van der Waals surface area contributed by atoms with Crippen LogP contribution in [0.15, 0.2) is 36.4 Å². The van der Waals surface area contributed by atoms with Crippen molar-refractivity contribution in [2.45, 2.75) is 6.92 Å². The monoisotopic (exact) mass is 254 g/mol. The molecule has 0 heterocycles. The minimum atomic E-state index is -0.362. The molecule has 0 saturated carbocycles. The van der Waals surface area contributed by atoms with Crippen LogP contribution < -0.4 is 0 Å². The standard InChI is InChI=1S/C16H11FO2/c1-9-12-4-2-10(8-18)6-15(12)16(17)13-5-3-11(19)7-14(9)13/h2-8,19H,1H3. The molecule has 0 bridgehead atoms. The molecule has 0 aliphatic carbocycles. The lowest BCUT2D eigenvalue weighted by atomic mass is 9.96. The molecule has 0 spiro atoms. The van der Waals surface area contributed by atoms with Gasteiger partial charge in [0.2, 0.25) is 0 Å². The van der Waals surface area contributed by atoms with Crippen molar-refractivity contribution in [3.63, 3.8) is 0 Å². The third-order valence-electron chi connectivity index (χ3n) is 3.46. The van der Waals surface area contributed by atoms with Crippen LogP contribution in [-0.4, -0.2) is 11.4 Å². The zero-order valence-corrected chi connectivity index (χ0v) is 10.3. The van der Waals surface area contributed by atoms with E-state index in [9.17, 15) is 14.3 Å². The van der Waals surface area contributed by atoms with Crippen molar-refractivity contribution in [2.24, 2.45) is 0 Å². The summed E-state index contributed by atoms with van der Waals surface area (Å²) < 4.78 is 14.5. The van der Waals surface area contributed by atoms with Gasteiger partial charge >= 0.3 is 0 Å². The van der Waals surface area contributed by atoms with Gasteiger partial charge in [0.25, 0.3) is 0 Å². The van der Waals surface area contributed by atoms with E-state index in [4.69, 9.17) is 0 Å². The summed E-state index contributed by atoms with van der Waals surface area (Å²) >= 11 is 0. The molecule has 3 aromatic carbocycles. The molecule has 19 heavy (non-hydrogen) atoms. The minimum Gasteiger partial charge on any atom is -0.508 e. The van der Waals surface area contributed by atoms with Gasteiger partial charge in [-0.25, -0.2) is 4.39 Å². The zero-order chi connectivity index (χ0) is 13.6. The number of aldehydes is 1. The molecule has 0 amide bonds. The number of fused-ring (bicyclic) bond motifs is 2. The van der Waals surface area contributed by atoms with Crippen molar-refractivity contribution < 1.29 is 14.3 Å². The maximum absolute atomic E-state index is 14.5. The molecule has 0 radical (unpaired) electrons. The van der Waals surface area contributed by atoms with E-state index in [0.717, 1.165) is 10.9 Å². The second kappa shape index (κ2) is 4.05. The smallest absolute Gasteiger partial charge is 0.150 e. The van der Waals surface area contributed by atoms with Gasteiger partial charge in [-0.3, -0.25) is 4.79 Å². The first-order valence-corrected chi connectivity index (χ1v) is 5.91. The molecular weight excluding hydrogens is 243 g/mol. The van der Waals surface area contributed by atoms with Crippen molar-refractivity contribution in [3.8, 4) is 5.75 Å². The number of hydrogen-bond donors (Lipinski definition) is 1. The first-order valence-electron chi connectivity index (χ1n) is 5.91. The Balaban J connectivity index is 2.56. The number of aromatic hydroxyl groups is 1. The highest BCUT2D eigenvalue weighted by Gasteiger charge is 2.12. The molecule has 0 aromatic heterocycles. The summed E-state index contributed by atoms with van der Waals surface area (Å²) in [6, 6.07) is 9.52. The van der Waals surface area contributed by atoms with Crippen LogP contribution in [0.1, 0.15) is 15.9 Å². The Bertz CT molecular complexity index is 822. The fourth-order valence-corrected chi connectivity index (χ4v) is 2.47. The molecule has 1 N–H and O–H groups in total. The van der Waals surface area contributed by atoms with Gasteiger partial charge in [0.15, 0.2) is 0 Å². The predicted molar refractivity (Wildman–Crippen MR) is 73.2 cm³/mol. The van der Waals surface area contributed by atoms with E-state index in [1.165, 1.54) is 6.07 Å². The Labute approximate surface area is 109 Å². The summed E-state index contributed by atoms with van der Waals surface area (Å²) in [5.41, 5.74) is 1.34. The number of benzene rings is 3. The molecule has 3 rings (SSSR count). The SMILES string of the molecule is Cc1c2cc(O)ccc2c(F)c2cc(C=O)ccc12. The summed E-state index contributed by atoms with van der Waals surface area (Å²) in [5, 5.41) is 11.8. The van der Waals surface area contributed by atoms with Crippen LogP contribution in [0.4, 0.5) is 4.39 Å². The fourth-order valence-electron chi connectivity index (χ4n) is 2.47. The lowest BCUT2D eigenvalue weighted by molar-refractivity contribution is 0.112. The molecule has 0 saturated heterocycles. The van der Waals surface area contributed by atoms with Crippen molar-refractivity contribution in [1.82, 2.24) is 0 Å². The summed E-state index contributed by atoms with van der Waals surface area (Å²) in [6.07, 6.45) is 0.704. The van der Waals surface area contributed by atoms with Crippen molar-refractivity contribution in [1.29, 1.82) is 0 Å². The number of hydrogen-bond acceptors (Lipinski definition) is 2. The van der Waals surface area contributed by atoms with Gasteiger partial charge < -0.3 is 5.11 Å². The van der Waals surface area contributed by atoms with E-state index in [2.05, 4.69) is 0 Å². The number of carbonyl (C=O) groups excluding carboxylic acids is 1. The van der Waals surface area contributed by atoms with E-state index in [1.807, 2.05) is 6.92 Å². The number of phenolic OH excluding ortho intramolecular Hbond substituents is 1. The van der Waals surface area contributed by atoms with Crippen LogP contribution in [-0.2, 0) is 0 Å². The van der Waals surface area contributed by atoms with E-state index >= 15 is 0 Å². The fraction of sp³-hybridized carbons (Fsp3) is 0.0625. The Hall–Kier alpha value is -2.42. The second-order valence-electron chi connectivity index (χ2n) is 4.59. The molecule has 0 aliphatic rings. The first kappa shape index (κ1) is 11.7. The van der Waals surface area contributed by atoms with Gasteiger partial charge in [0, 0.05) is 16.3 Å². The molecule has 3 aromatic rings. The van der Waals surface area contributed by atoms with Gasteiger partial charge in [0.05, 0.1) is 0 Å². The lowest BCUT2D eigenvalue weighted by Crippen LogP contribution is -1.90. The highest BCUT2D eigenvalue weighted by Crippen LogP contribution is 2.33. The second-order valence-corrected chi connectivity index (χ2v) is 4.59. The highest BCUT2D eigenvalue weighted by molar-refractivity contribution is 6.04. The zero-order valence-electron chi connectivity index (χ0n) is 10.3. The first-order chi connectivity index (χ1) is 9.11. The number of aryl methyl sites for hydroxylation is 1. The third kappa shape index (κ3) is 1.66. The quantitative estimate of drug-likeness (QED) is 0.527. The Morgan fingerprint density at radius 2 is 1.74 bits per heavy atom. The van der Waals surface area contributed by atoms with Gasteiger partial charge in [-0.1, -0.05) is 12.1 Å². The van der Waals surface area contributed by atoms with Crippen LogP contribution in [0.3, 0.4) is 0 Å². The number of phenols is 1. The van der Waals surface area contributed by atoms with Crippen LogP contribution in [0.25, 0.3) is 21.5 Å². The average Bonchev–Trinajstić information content (AvgIpc) is 2.44. The molecule has 0 fully saturated rings. The summed E-state index contributed by atoms with van der Waals surface area (Å²) in [4.78, 5) is 10.8. The van der Waals surface area contributed by atoms with Gasteiger partial charge in [-0.05, 0) is 47.5 Å².